The Bertz CT molecular complexity index is 1050. The van der Waals surface area contributed by atoms with E-state index >= 15 is 0 Å². The maximum Gasteiger partial charge on any atom is 0.265 e. The predicted octanol–water partition coefficient (Wildman–Crippen LogP) is 4.32. The maximum absolute atomic E-state index is 13.0. The number of hydrogen-bond acceptors (Lipinski definition) is 5. The number of hydrogen-bond donors (Lipinski definition) is 2. The minimum Gasteiger partial charge on any atom is -0.508 e. The second-order valence-corrected chi connectivity index (χ2v) is 8.28. The van der Waals surface area contributed by atoms with Crippen molar-refractivity contribution in [1.29, 1.82) is 0 Å². The topological polar surface area (TPSA) is 72.9 Å². The lowest BCUT2D eigenvalue weighted by Gasteiger charge is -2.36. The molecule has 30 heavy (non-hydrogen) atoms. The number of nitrogens with one attached hydrogen (secondary N) is 1. The summed E-state index contributed by atoms with van der Waals surface area (Å²) in [4.78, 5) is 29.9. The zero-order valence-electron chi connectivity index (χ0n) is 16.0. The largest absolute Gasteiger partial charge is 0.508 e. The number of piperazine rings is 1. The zero-order valence-corrected chi connectivity index (χ0v) is 17.6. The van der Waals surface area contributed by atoms with E-state index in [1.54, 1.807) is 47.4 Å². The first kappa shape index (κ1) is 20.3. The predicted molar refractivity (Wildman–Crippen MR) is 120 cm³/mol. The number of thiophene rings is 1. The van der Waals surface area contributed by atoms with Crippen LogP contribution in [0.25, 0.3) is 0 Å². The molecule has 0 spiro atoms. The van der Waals surface area contributed by atoms with Crippen molar-refractivity contribution in [3.8, 4) is 5.75 Å². The Morgan fingerprint density at radius 3 is 2.40 bits per heavy atom. The Hall–Kier alpha value is -3.03. The Morgan fingerprint density at radius 2 is 1.73 bits per heavy atom. The second kappa shape index (κ2) is 8.77. The number of nitrogens with zero attached hydrogens (tertiary/aromatic N) is 2. The van der Waals surface area contributed by atoms with Crippen LogP contribution in [0.15, 0.2) is 60.0 Å². The number of carbonyl (C=O) groups is 2. The first-order chi connectivity index (χ1) is 14.5. The van der Waals surface area contributed by atoms with Gasteiger partial charge in [0.1, 0.15) is 5.75 Å². The van der Waals surface area contributed by atoms with Gasteiger partial charge in [0.2, 0.25) is 0 Å². The molecule has 4 rings (SSSR count). The number of halogens is 1. The van der Waals surface area contributed by atoms with E-state index in [4.69, 9.17) is 11.6 Å². The van der Waals surface area contributed by atoms with E-state index in [0.29, 0.717) is 47.3 Å². The second-order valence-electron chi connectivity index (χ2n) is 6.92. The molecule has 0 unspecified atom stereocenters. The van der Waals surface area contributed by atoms with E-state index in [1.807, 2.05) is 17.5 Å². The van der Waals surface area contributed by atoms with E-state index in [2.05, 4.69) is 10.2 Å². The highest BCUT2D eigenvalue weighted by atomic mass is 35.5. The normalized spacial score (nSPS) is 13.9. The van der Waals surface area contributed by atoms with Crippen LogP contribution in [0.5, 0.6) is 5.75 Å². The number of aromatic hydroxyl groups is 1. The van der Waals surface area contributed by atoms with Crippen LogP contribution < -0.4 is 10.2 Å². The minimum absolute atomic E-state index is 0.0938. The van der Waals surface area contributed by atoms with Gasteiger partial charge in [-0.25, -0.2) is 0 Å². The van der Waals surface area contributed by atoms with Crippen LogP contribution in [-0.4, -0.2) is 48.0 Å². The van der Waals surface area contributed by atoms with E-state index in [0.717, 1.165) is 5.69 Å². The fourth-order valence-electron chi connectivity index (χ4n) is 3.36. The number of carbonyl (C=O) groups excluding carboxylic acids is 2. The minimum atomic E-state index is -0.251. The van der Waals surface area contributed by atoms with E-state index in [-0.39, 0.29) is 17.6 Å². The number of phenolic OH excluding ortho intramolecular Hbond substituents is 1. The standard InChI is InChI=1S/C22H20ClN3O3S/c23-18-8-3-15(14-19(18)24-21(28)20-2-1-13-30-20)22(29)26-11-9-25(10-12-26)16-4-6-17(27)7-5-16/h1-8,13-14,27H,9-12H2,(H,24,28). The van der Waals surface area contributed by atoms with E-state index in [1.165, 1.54) is 11.3 Å². The summed E-state index contributed by atoms with van der Waals surface area (Å²) in [6, 6.07) is 15.5. The quantitative estimate of drug-likeness (QED) is 0.632. The van der Waals surface area contributed by atoms with Crippen molar-refractivity contribution in [2.45, 2.75) is 0 Å². The summed E-state index contributed by atoms with van der Waals surface area (Å²) in [6.07, 6.45) is 0. The Labute approximate surface area is 183 Å². The van der Waals surface area contributed by atoms with Gasteiger partial charge in [0, 0.05) is 37.4 Å². The molecule has 0 atom stereocenters. The lowest BCUT2D eigenvalue weighted by molar-refractivity contribution is 0.0746. The fraction of sp³-hybridized carbons (Fsp3) is 0.182. The average molecular weight is 442 g/mol. The lowest BCUT2D eigenvalue weighted by Crippen LogP contribution is -2.48. The molecule has 0 bridgehead atoms. The van der Waals surface area contributed by atoms with Crippen molar-refractivity contribution < 1.29 is 14.7 Å². The fourth-order valence-corrected chi connectivity index (χ4v) is 4.14. The summed E-state index contributed by atoms with van der Waals surface area (Å²) in [5.41, 5.74) is 1.92. The molecule has 0 saturated carbocycles. The maximum atomic E-state index is 13.0. The summed E-state index contributed by atoms with van der Waals surface area (Å²) < 4.78 is 0. The van der Waals surface area contributed by atoms with Crippen molar-refractivity contribution in [3.05, 3.63) is 75.4 Å². The van der Waals surface area contributed by atoms with Crippen LogP contribution in [0.4, 0.5) is 11.4 Å². The molecule has 8 heteroatoms. The molecule has 2 heterocycles. The number of anilines is 2. The van der Waals surface area contributed by atoms with Crippen molar-refractivity contribution in [2.24, 2.45) is 0 Å². The summed E-state index contributed by atoms with van der Waals surface area (Å²) >= 11 is 7.57. The van der Waals surface area contributed by atoms with E-state index in [9.17, 15) is 14.7 Å². The third-order valence-corrected chi connectivity index (χ3v) is 6.19. The molecule has 3 aromatic rings. The number of amides is 2. The molecular weight excluding hydrogens is 422 g/mol. The van der Waals surface area contributed by atoms with Crippen LogP contribution in [0, 0.1) is 0 Å². The number of rotatable bonds is 4. The first-order valence-electron chi connectivity index (χ1n) is 9.49. The van der Waals surface area contributed by atoms with Gasteiger partial charge in [0.05, 0.1) is 15.6 Å². The molecule has 1 saturated heterocycles. The van der Waals surface area contributed by atoms with Gasteiger partial charge in [-0.1, -0.05) is 17.7 Å². The summed E-state index contributed by atoms with van der Waals surface area (Å²) in [5.74, 6) is -0.111. The van der Waals surface area contributed by atoms with Gasteiger partial charge in [-0.2, -0.15) is 0 Å². The van der Waals surface area contributed by atoms with Crippen LogP contribution in [-0.2, 0) is 0 Å². The van der Waals surface area contributed by atoms with Gasteiger partial charge < -0.3 is 20.2 Å². The van der Waals surface area contributed by atoms with Gasteiger partial charge >= 0.3 is 0 Å². The molecule has 1 aliphatic heterocycles. The highest BCUT2D eigenvalue weighted by Crippen LogP contribution is 2.26. The van der Waals surface area contributed by atoms with Crippen LogP contribution >= 0.6 is 22.9 Å². The molecule has 0 aliphatic carbocycles. The Kier molecular flexibility index (Phi) is 5.92. The van der Waals surface area contributed by atoms with Gasteiger partial charge in [0.25, 0.3) is 11.8 Å². The molecule has 154 valence electrons. The van der Waals surface area contributed by atoms with Gasteiger partial charge in [-0.05, 0) is 53.9 Å². The van der Waals surface area contributed by atoms with Crippen LogP contribution in [0.3, 0.4) is 0 Å². The molecule has 6 nitrogen and oxygen atoms in total. The average Bonchev–Trinajstić information content (AvgIpc) is 3.31. The van der Waals surface area contributed by atoms with E-state index < -0.39 is 0 Å². The molecule has 1 fully saturated rings. The Balaban J connectivity index is 1.42. The molecule has 1 aliphatic rings. The third-order valence-electron chi connectivity index (χ3n) is 4.99. The van der Waals surface area contributed by atoms with Crippen molar-refractivity contribution in [3.63, 3.8) is 0 Å². The smallest absolute Gasteiger partial charge is 0.265 e. The van der Waals surface area contributed by atoms with Crippen LogP contribution in [0.2, 0.25) is 5.02 Å². The van der Waals surface area contributed by atoms with Crippen molar-refractivity contribution >= 4 is 46.1 Å². The SMILES string of the molecule is O=C(Nc1cc(C(=O)N2CCN(c3ccc(O)cc3)CC2)ccc1Cl)c1cccs1. The lowest BCUT2D eigenvalue weighted by atomic mass is 10.1. The number of phenols is 1. The van der Waals surface area contributed by atoms with Gasteiger partial charge in [-0.3, -0.25) is 9.59 Å². The Morgan fingerprint density at radius 1 is 1.00 bits per heavy atom. The summed E-state index contributed by atoms with van der Waals surface area (Å²) in [6.45, 7) is 2.57. The summed E-state index contributed by atoms with van der Waals surface area (Å²) in [7, 11) is 0. The summed E-state index contributed by atoms with van der Waals surface area (Å²) in [5, 5.41) is 14.4. The molecular formula is C22H20ClN3O3S. The first-order valence-corrected chi connectivity index (χ1v) is 10.7. The third kappa shape index (κ3) is 4.42. The molecule has 0 radical (unpaired) electrons. The molecule has 2 aromatic carbocycles. The highest BCUT2D eigenvalue weighted by Gasteiger charge is 2.23. The monoisotopic (exact) mass is 441 g/mol. The van der Waals surface area contributed by atoms with Gasteiger partial charge in [-0.15, -0.1) is 11.3 Å². The van der Waals surface area contributed by atoms with Crippen molar-refractivity contribution in [2.75, 3.05) is 36.4 Å². The zero-order chi connectivity index (χ0) is 21.1. The highest BCUT2D eigenvalue weighted by molar-refractivity contribution is 7.12. The van der Waals surface area contributed by atoms with Crippen molar-refractivity contribution in [1.82, 2.24) is 4.90 Å². The van der Waals surface area contributed by atoms with Gasteiger partial charge in [0.15, 0.2) is 0 Å². The molecule has 1 aromatic heterocycles. The van der Waals surface area contributed by atoms with Crippen LogP contribution in [0.1, 0.15) is 20.0 Å². The molecule has 2 N–H and O–H groups in total. The number of benzene rings is 2. The molecule has 2 amide bonds.